The molecule has 6 heteroatoms. The first-order chi connectivity index (χ1) is 13.6. The minimum atomic E-state index is -0.314. The number of rotatable bonds is 4. The average molecular weight is 438 g/mol. The first kappa shape index (κ1) is 18.3. The van der Waals surface area contributed by atoms with Gasteiger partial charge in [0.25, 0.3) is 5.91 Å². The molecular formula is C22H16BrNO4. The smallest absolute Gasteiger partial charge is 0.255 e. The number of hydrogen-bond donors (Lipinski definition) is 1. The van der Waals surface area contributed by atoms with Crippen LogP contribution in [0.3, 0.4) is 0 Å². The van der Waals surface area contributed by atoms with Gasteiger partial charge in [0.1, 0.15) is 13.2 Å². The van der Waals surface area contributed by atoms with Crippen LogP contribution in [0.15, 0.2) is 71.2 Å². The number of carbonyl (C=O) groups excluding carboxylic acids is 2. The second-order valence-electron chi connectivity index (χ2n) is 6.20. The van der Waals surface area contributed by atoms with Gasteiger partial charge in [0.05, 0.1) is 11.3 Å². The van der Waals surface area contributed by atoms with Crippen molar-refractivity contribution in [3.05, 3.63) is 87.9 Å². The van der Waals surface area contributed by atoms with Crippen LogP contribution in [0, 0.1) is 0 Å². The van der Waals surface area contributed by atoms with Crippen LogP contribution in [0.2, 0.25) is 0 Å². The number of ether oxygens (including phenoxy) is 2. The number of hydrogen-bond acceptors (Lipinski definition) is 4. The number of anilines is 1. The van der Waals surface area contributed by atoms with E-state index in [1.165, 1.54) is 0 Å². The van der Waals surface area contributed by atoms with Gasteiger partial charge in [0.2, 0.25) is 0 Å². The third-order valence-corrected chi connectivity index (χ3v) is 4.85. The number of carbonyl (C=O) groups is 2. The molecule has 0 aliphatic carbocycles. The van der Waals surface area contributed by atoms with E-state index in [2.05, 4.69) is 21.2 Å². The lowest BCUT2D eigenvalue weighted by atomic mass is 10.0. The van der Waals surface area contributed by atoms with Gasteiger partial charge >= 0.3 is 0 Å². The molecule has 0 atom stereocenters. The summed E-state index contributed by atoms with van der Waals surface area (Å²) in [6, 6.07) is 19.2. The van der Waals surface area contributed by atoms with Crippen LogP contribution in [0.5, 0.6) is 11.5 Å². The molecule has 3 aromatic rings. The molecule has 0 spiro atoms. The Balaban J connectivity index is 1.73. The van der Waals surface area contributed by atoms with E-state index in [-0.39, 0.29) is 11.7 Å². The molecule has 0 saturated heterocycles. The van der Waals surface area contributed by atoms with Gasteiger partial charge in [0, 0.05) is 21.7 Å². The van der Waals surface area contributed by atoms with E-state index in [9.17, 15) is 9.59 Å². The maximum absolute atomic E-state index is 13.1. The van der Waals surface area contributed by atoms with E-state index in [0.717, 1.165) is 4.47 Å². The molecule has 140 valence electrons. The lowest BCUT2D eigenvalue weighted by Crippen LogP contribution is -2.19. The van der Waals surface area contributed by atoms with Gasteiger partial charge in [-0.15, -0.1) is 0 Å². The van der Waals surface area contributed by atoms with Crippen LogP contribution >= 0.6 is 15.9 Å². The van der Waals surface area contributed by atoms with Crippen LogP contribution in [-0.2, 0) is 0 Å². The summed E-state index contributed by atoms with van der Waals surface area (Å²) in [5.74, 6) is 0.476. The highest BCUT2D eigenvalue weighted by Gasteiger charge is 2.22. The van der Waals surface area contributed by atoms with E-state index < -0.39 is 0 Å². The Morgan fingerprint density at radius 1 is 0.821 bits per heavy atom. The fraction of sp³-hybridized carbons (Fsp3) is 0.0909. The van der Waals surface area contributed by atoms with Gasteiger partial charge in [0.15, 0.2) is 17.3 Å². The molecule has 5 nitrogen and oxygen atoms in total. The monoisotopic (exact) mass is 437 g/mol. The lowest BCUT2D eigenvalue weighted by molar-refractivity contribution is 0.102. The summed E-state index contributed by atoms with van der Waals surface area (Å²) < 4.78 is 12.1. The van der Waals surface area contributed by atoms with Gasteiger partial charge in [-0.25, -0.2) is 0 Å². The Kier molecular flexibility index (Phi) is 5.12. The standard InChI is InChI=1S/C22H16BrNO4/c23-16-8-6-15(7-9-16)22(26)24-18-13-20-19(27-10-11-28-20)12-17(18)21(25)14-4-2-1-3-5-14/h1-9,12-13H,10-11H2,(H,24,26). The molecule has 0 bridgehead atoms. The summed E-state index contributed by atoms with van der Waals surface area (Å²) in [5, 5.41) is 2.84. The highest BCUT2D eigenvalue weighted by atomic mass is 79.9. The highest BCUT2D eigenvalue weighted by molar-refractivity contribution is 9.10. The molecule has 1 aliphatic heterocycles. The Hall–Kier alpha value is -3.12. The number of benzene rings is 3. The first-order valence-corrected chi connectivity index (χ1v) is 9.51. The molecule has 28 heavy (non-hydrogen) atoms. The molecule has 1 N–H and O–H groups in total. The van der Waals surface area contributed by atoms with E-state index >= 15 is 0 Å². The van der Waals surface area contributed by atoms with Gasteiger partial charge in [-0.1, -0.05) is 46.3 Å². The number of fused-ring (bicyclic) bond motifs is 1. The second kappa shape index (κ2) is 7.86. The summed E-state index contributed by atoms with van der Waals surface area (Å²) in [7, 11) is 0. The topological polar surface area (TPSA) is 64.6 Å². The van der Waals surface area contributed by atoms with Crippen LogP contribution in [0.25, 0.3) is 0 Å². The van der Waals surface area contributed by atoms with E-state index in [1.54, 1.807) is 60.7 Å². The van der Waals surface area contributed by atoms with E-state index in [0.29, 0.717) is 47.1 Å². The predicted molar refractivity (Wildman–Crippen MR) is 109 cm³/mol. The third-order valence-electron chi connectivity index (χ3n) is 4.32. The van der Waals surface area contributed by atoms with Crippen molar-refractivity contribution in [2.75, 3.05) is 18.5 Å². The minimum absolute atomic E-state index is 0.205. The number of halogens is 1. The van der Waals surface area contributed by atoms with Crippen LogP contribution in [0.1, 0.15) is 26.3 Å². The second-order valence-corrected chi connectivity index (χ2v) is 7.11. The summed E-state index contributed by atoms with van der Waals surface area (Å²) in [6.45, 7) is 0.829. The summed E-state index contributed by atoms with van der Waals surface area (Å²) >= 11 is 3.35. The molecule has 0 radical (unpaired) electrons. The largest absolute Gasteiger partial charge is 0.486 e. The summed E-state index contributed by atoms with van der Waals surface area (Å²) in [5.41, 5.74) is 1.74. The number of nitrogens with one attached hydrogen (secondary N) is 1. The van der Waals surface area contributed by atoms with Crippen molar-refractivity contribution in [1.82, 2.24) is 0 Å². The third kappa shape index (κ3) is 3.77. The molecule has 3 aromatic carbocycles. The number of amides is 1. The Labute approximate surface area is 170 Å². The predicted octanol–water partition coefficient (Wildman–Crippen LogP) is 4.70. The maximum atomic E-state index is 13.1. The van der Waals surface area contributed by atoms with E-state index in [4.69, 9.17) is 9.47 Å². The minimum Gasteiger partial charge on any atom is -0.486 e. The fourth-order valence-corrected chi connectivity index (χ4v) is 3.19. The van der Waals surface area contributed by atoms with Crippen molar-refractivity contribution in [3.63, 3.8) is 0 Å². The Morgan fingerprint density at radius 2 is 1.46 bits per heavy atom. The average Bonchev–Trinajstić information content (AvgIpc) is 2.74. The van der Waals surface area contributed by atoms with Crippen LogP contribution in [0.4, 0.5) is 5.69 Å². The van der Waals surface area contributed by atoms with Crippen molar-refractivity contribution in [1.29, 1.82) is 0 Å². The summed E-state index contributed by atoms with van der Waals surface area (Å²) in [4.78, 5) is 25.8. The molecule has 1 heterocycles. The van der Waals surface area contributed by atoms with Crippen LogP contribution in [-0.4, -0.2) is 24.9 Å². The zero-order valence-corrected chi connectivity index (χ0v) is 16.4. The first-order valence-electron chi connectivity index (χ1n) is 8.72. The molecule has 0 fully saturated rings. The maximum Gasteiger partial charge on any atom is 0.255 e. The highest BCUT2D eigenvalue weighted by Crippen LogP contribution is 2.36. The van der Waals surface area contributed by atoms with Crippen molar-refractivity contribution >= 4 is 33.3 Å². The molecule has 0 saturated carbocycles. The van der Waals surface area contributed by atoms with Gasteiger partial charge in [-0.3, -0.25) is 9.59 Å². The molecule has 0 aromatic heterocycles. The SMILES string of the molecule is O=C(Nc1cc2c(cc1C(=O)c1ccccc1)OCCO2)c1ccc(Br)cc1. The lowest BCUT2D eigenvalue weighted by Gasteiger charge is -2.21. The molecule has 0 unspecified atom stereocenters. The van der Waals surface area contributed by atoms with Gasteiger partial charge < -0.3 is 14.8 Å². The normalized spacial score (nSPS) is 12.3. The van der Waals surface area contributed by atoms with Crippen molar-refractivity contribution in [3.8, 4) is 11.5 Å². The molecule has 4 rings (SSSR count). The Morgan fingerprint density at radius 3 is 2.14 bits per heavy atom. The van der Waals surface area contributed by atoms with Crippen molar-refractivity contribution in [2.24, 2.45) is 0 Å². The van der Waals surface area contributed by atoms with Gasteiger partial charge in [-0.2, -0.15) is 0 Å². The Bertz CT molecular complexity index is 1030. The molecule has 1 aliphatic rings. The van der Waals surface area contributed by atoms with Crippen LogP contribution < -0.4 is 14.8 Å². The van der Waals surface area contributed by atoms with Crippen molar-refractivity contribution in [2.45, 2.75) is 0 Å². The van der Waals surface area contributed by atoms with Gasteiger partial charge in [-0.05, 0) is 30.3 Å². The molecule has 1 amide bonds. The summed E-state index contributed by atoms with van der Waals surface area (Å²) in [6.07, 6.45) is 0. The van der Waals surface area contributed by atoms with Crippen molar-refractivity contribution < 1.29 is 19.1 Å². The quantitative estimate of drug-likeness (QED) is 0.600. The van der Waals surface area contributed by atoms with E-state index in [1.807, 2.05) is 6.07 Å². The number of ketones is 1. The zero-order valence-electron chi connectivity index (χ0n) is 14.8. The zero-order chi connectivity index (χ0) is 19.5. The fourth-order valence-electron chi connectivity index (χ4n) is 2.92. The molecular weight excluding hydrogens is 422 g/mol.